The molecule has 1 amide bonds. The van der Waals surface area contributed by atoms with Crippen molar-refractivity contribution in [3.8, 4) is 28.2 Å². The topological polar surface area (TPSA) is 106 Å². The van der Waals surface area contributed by atoms with Crippen LogP contribution in [0.3, 0.4) is 0 Å². The number of carbonyl (C=O) groups is 1. The molecule has 0 saturated heterocycles. The number of azo groups is 1. The number of carbonyl (C=O) groups excluding carboxylic acids is 1. The molecule has 8 nitrogen and oxygen atoms in total. The van der Waals surface area contributed by atoms with E-state index >= 15 is 0 Å². The van der Waals surface area contributed by atoms with Crippen molar-refractivity contribution >= 4 is 27.3 Å². The first-order valence-corrected chi connectivity index (χ1v) is 13.3. The highest BCUT2D eigenvalue weighted by Gasteiger charge is 2.22. The highest BCUT2D eigenvalue weighted by molar-refractivity contribution is 7.90. The summed E-state index contributed by atoms with van der Waals surface area (Å²) in [5.74, 6) is -0.661. The maximum Gasteiger partial charge on any atom is 0.264 e. The lowest BCUT2D eigenvalue weighted by Gasteiger charge is -2.08. The SMILES string of the molecule is CC(=O)NS(=O)(=O)c1ccc(N=Nc2c(-c3ccccc3)nn(-c3ccccc3)c2-c2ccccc2)cc1. The molecule has 0 atom stereocenters. The minimum absolute atomic E-state index is 0.0431. The smallest absolute Gasteiger partial charge is 0.264 e. The van der Waals surface area contributed by atoms with Crippen LogP contribution in [0.2, 0.25) is 0 Å². The van der Waals surface area contributed by atoms with E-state index in [1.807, 2.05) is 100 Å². The quantitative estimate of drug-likeness (QED) is 0.249. The molecular formula is C29H23N5O3S. The molecule has 0 spiro atoms. The molecule has 188 valence electrons. The molecule has 0 unspecified atom stereocenters. The van der Waals surface area contributed by atoms with Crippen LogP contribution in [0.1, 0.15) is 6.92 Å². The molecule has 5 rings (SSSR count). The van der Waals surface area contributed by atoms with Gasteiger partial charge in [-0.25, -0.2) is 17.8 Å². The molecule has 0 bridgehead atoms. The van der Waals surface area contributed by atoms with Gasteiger partial charge in [0.15, 0.2) is 0 Å². The minimum Gasteiger partial charge on any atom is -0.274 e. The third-order valence-corrected chi connectivity index (χ3v) is 7.10. The highest BCUT2D eigenvalue weighted by atomic mass is 32.2. The Bertz CT molecular complexity index is 1700. The second-order valence-electron chi connectivity index (χ2n) is 8.38. The molecule has 38 heavy (non-hydrogen) atoms. The van der Waals surface area contributed by atoms with Gasteiger partial charge in [-0.05, 0) is 36.4 Å². The summed E-state index contributed by atoms with van der Waals surface area (Å²) in [7, 11) is -3.94. The number of hydrogen-bond donors (Lipinski definition) is 1. The van der Waals surface area contributed by atoms with Gasteiger partial charge in [0, 0.05) is 18.1 Å². The van der Waals surface area contributed by atoms with Gasteiger partial charge in [0.2, 0.25) is 5.91 Å². The molecule has 1 aromatic heterocycles. The summed E-state index contributed by atoms with van der Waals surface area (Å²) in [5, 5.41) is 14.0. The summed E-state index contributed by atoms with van der Waals surface area (Å²) >= 11 is 0. The summed E-state index contributed by atoms with van der Waals surface area (Å²) < 4.78 is 28.4. The van der Waals surface area contributed by atoms with Crippen LogP contribution in [0.5, 0.6) is 0 Å². The maximum atomic E-state index is 12.3. The van der Waals surface area contributed by atoms with Crippen molar-refractivity contribution in [2.75, 3.05) is 0 Å². The molecule has 4 aromatic carbocycles. The van der Waals surface area contributed by atoms with Gasteiger partial charge in [0.05, 0.1) is 16.3 Å². The van der Waals surface area contributed by atoms with Crippen molar-refractivity contribution in [1.29, 1.82) is 0 Å². The van der Waals surface area contributed by atoms with E-state index in [9.17, 15) is 13.2 Å². The first kappa shape index (κ1) is 24.8. The number of nitrogens with zero attached hydrogens (tertiary/aromatic N) is 4. The van der Waals surface area contributed by atoms with Crippen molar-refractivity contribution in [2.45, 2.75) is 11.8 Å². The molecule has 0 fully saturated rings. The largest absolute Gasteiger partial charge is 0.274 e. The van der Waals surface area contributed by atoms with E-state index in [4.69, 9.17) is 5.10 Å². The van der Waals surface area contributed by atoms with Crippen molar-refractivity contribution in [3.05, 3.63) is 115 Å². The Balaban J connectivity index is 1.65. The predicted molar refractivity (Wildman–Crippen MR) is 146 cm³/mol. The lowest BCUT2D eigenvalue weighted by atomic mass is 10.1. The summed E-state index contributed by atoms with van der Waals surface area (Å²) in [6.45, 7) is 1.14. The Morgan fingerprint density at radius 1 is 0.737 bits per heavy atom. The number of sulfonamides is 1. The third kappa shape index (κ3) is 5.28. The first-order chi connectivity index (χ1) is 18.4. The summed E-state index contributed by atoms with van der Waals surface area (Å²) in [6, 6.07) is 35.2. The van der Waals surface area contributed by atoms with Crippen LogP contribution in [0, 0.1) is 0 Å². The van der Waals surface area contributed by atoms with E-state index in [0.29, 0.717) is 17.1 Å². The average Bonchev–Trinajstić information content (AvgIpc) is 3.32. The van der Waals surface area contributed by atoms with Crippen LogP contribution in [0.25, 0.3) is 28.2 Å². The molecular weight excluding hydrogens is 498 g/mol. The number of amides is 1. The van der Waals surface area contributed by atoms with Crippen molar-refractivity contribution in [1.82, 2.24) is 14.5 Å². The lowest BCUT2D eigenvalue weighted by Crippen LogP contribution is -2.28. The maximum absolute atomic E-state index is 12.3. The standard InChI is InChI=1S/C29H23N5O3S/c1-21(35)33-38(36,37)26-19-17-24(18-20-26)30-31-28-27(22-11-5-2-6-12-22)32-34(25-15-9-4-10-16-25)29(28)23-13-7-3-8-14-23/h2-20H,1H3,(H,33,35). The van der Waals surface area contributed by atoms with Crippen LogP contribution in [-0.4, -0.2) is 24.1 Å². The van der Waals surface area contributed by atoms with Crippen LogP contribution >= 0.6 is 0 Å². The Hall–Kier alpha value is -4.89. The zero-order valence-corrected chi connectivity index (χ0v) is 21.2. The zero-order chi connectivity index (χ0) is 26.5. The van der Waals surface area contributed by atoms with E-state index in [1.54, 1.807) is 0 Å². The zero-order valence-electron chi connectivity index (χ0n) is 20.4. The van der Waals surface area contributed by atoms with Gasteiger partial charge in [-0.3, -0.25) is 4.79 Å². The minimum atomic E-state index is -3.94. The Morgan fingerprint density at radius 2 is 1.29 bits per heavy atom. The fourth-order valence-electron chi connectivity index (χ4n) is 3.95. The second kappa shape index (κ2) is 10.6. The number of nitrogens with one attached hydrogen (secondary N) is 1. The second-order valence-corrected chi connectivity index (χ2v) is 10.1. The summed E-state index contributed by atoms with van der Waals surface area (Å²) in [4.78, 5) is 11.2. The van der Waals surface area contributed by atoms with Crippen LogP contribution in [0.15, 0.2) is 130 Å². The summed E-state index contributed by atoms with van der Waals surface area (Å²) in [5.41, 5.74) is 5.10. The molecule has 1 heterocycles. The van der Waals surface area contributed by atoms with Gasteiger partial charge in [-0.1, -0.05) is 78.9 Å². The number of hydrogen-bond acceptors (Lipinski definition) is 6. The van der Waals surface area contributed by atoms with E-state index in [1.165, 1.54) is 24.3 Å². The van der Waals surface area contributed by atoms with E-state index in [2.05, 4.69) is 10.2 Å². The van der Waals surface area contributed by atoms with Crippen LogP contribution < -0.4 is 4.72 Å². The fourth-order valence-corrected chi connectivity index (χ4v) is 4.94. The normalized spacial score (nSPS) is 11.5. The average molecular weight is 522 g/mol. The van der Waals surface area contributed by atoms with Gasteiger partial charge in [-0.2, -0.15) is 10.2 Å². The molecule has 0 aliphatic rings. The van der Waals surface area contributed by atoms with Crippen molar-refractivity contribution in [3.63, 3.8) is 0 Å². The molecule has 0 radical (unpaired) electrons. The molecule has 0 saturated carbocycles. The van der Waals surface area contributed by atoms with Crippen LogP contribution in [0.4, 0.5) is 11.4 Å². The monoisotopic (exact) mass is 521 g/mol. The Morgan fingerprint density at radius 3 is 1.87 bits per heavy atom. The molecule has 9 heteroatoms. The highest BCUT2D eigenvalue weighted by Crippen LogP contribution is 2.41. The number of benzene rings is 4. The lowest BCUT2D eigenvalue weighted by molar-refractivity contribution is -0.117. The van der Waals surface area contributed by atoms with E-state index in [0.717, 1.165) is 29.4 Å². The number of para-hydroxylation sites is 1. The predicted octanol–water partition coefficient (Wildman–Crippen LogP) is 6.45. The number of rotatable bonds is 7. The van der Waals surface area contributed by atoms with Gasteiger partial charge < -0.3 is 0 Å². The molecule has 0 aliphatic heterocycles. The van der Waals surface area contributed by atoms with Gasteiger partial charge in [0.1, 0.15) is 17.1 Å². The Kier molecular flexibility index (Phi) is 6.92. The van der Waals surface area contributed by atoms with E-state index in [-0.39, 0.29) is 4.90 Å². The van der Waals surface area contributed by atoms with Gasteiger partial charge in [0.25, 0.3) is 10.0 Å². The first-order valence-electron chi connectivity index (χ1n) is 11.8. The fraction of sp³-hybridized carbons (Fsp3) is 0.0345. The summed E-state index contributed by atoms with van der Waals surface area (Å²) in [6.07, 6.45) is 0. The van der Waals surface area contributed by atoms with Crippen molar-refractivity contribution in [2.24, 2.45) is 10.2 Å². The Labute approximate surface area is 220 Å². The molecule has 5 aromatic rings. The van der Waals surface area contributed by atoms with Gasteiger partial charge in [-0.15, -0.1) is 5.11 Å². The van der Waals surface area contributed by atoms with Crippen molar-refractivity contribution < 1.29 is 13.2 Å². The van der Waals surface area contributed by atoms with Crippen LogP contribution in [-0.2, 0) is 14.8 Å². The number of aromatic nitrogens is 2. The van der Waals surface area contributed by atoms with E-state index < -0.39 is 15.9 Å². The van der Waals surface area contributed by atoms with Gasteiger partial charge >= 0.3 is 0 Å². The molecule has 1 N–H and O–H groups in total. The third-order valence-electron chi connectivity index (χ3n) is 5.65. The molecule has 0 aliphatic carbocycles.